The van der Waals surface area contributed by atoms with Gasteiger partial charge in [0.1, 0.15) is 0 Å². The summed E-state index contributed by atoms with van der Waals surface area (Å²) in [5.41, 5.74) is 0. The van der Waals surface area contributed by atoms with Crippen LogP contribution < -0.4 is 0 Å². The van der Waals surface area contributed by atoms with Crippen molar-refractivity contribution in [1.82, 2.24) is 0 Å². The number of hydrogen-bond acceptors (Lipinski definition) is 2. The zero-order valence-corrected chi connectivity index (χ0v) is 12.3. The summed E-state index contributed by atoms with van der Waals surface area (Å²) in [6.07, 6.45) is 0. The van der Waals surface area contributed by atoms with Crippen molar-refractivity contribution < 1.29 is 74.4 Å². The fraction of sp³-hybridized carbons (Fsp3) is 1.00. The number of halogens is 14. The zero-order valence-electron chi connectivity index (χ0n) is 11.5. The van der Waals surface area contributed by atoms with Crippen molar-refractivity contribution in [3.8, 4) is 0 Å². The number of hydrogen-bond donors (Lipinski definition) is 1. The molecule has 0 aromatic carbocycles. The van der Waals surface area contributed by atoms with Crippen LogP contribution in [0.2, 0.25) is 0 Å². The van der Waals surface area contributed by atoms with Crippen molar-refractivity contribution in [2.75, 3.05) is 0 Å². The molecule has 1 N–H and O–H groups in total. The van der Waals surface area contributed by atoms with E-state index in [1.54, 1.807) is 0 Å². The van der Waals surface area contributed by atoms with Gasteiger partial charge in [-0.2, -0.15) is 69.9 Å². The van der Waals surface area contributed by atoms with E-state index < -0.39 is 57.8 Å². The third kappa shape index (κ3) is 2.88. The van der Waals surface area contributed by atoms with E-state index >= 15 is 0 Å². The van der Waals surface area contributed by atoms with Crippen LogP contribution in [0.25, 0.3) is 0 Å². The monoisotopic (exact) mass is 446 g/mol. The van der Waals surface area contributed by atoms with E-state index in [1.807, 2.05) is 0 Å². The minimum Gasteiger partial charge on any atom is -0.281 e. The Morgan fingerprint density at radius 2 is 0.769 bits per heavy atom. The number of rotatable bonds is 7. The van der Waals surface area contributed by atoms with Gasteiger partial charge < -0.3 is 0 Å². The summed E-state index contributed by atoms with van der Waals surface area (Å²) < 4.78 is 207. The second kappa shape index (κ2) is 5.71. The lowest BCUT2D eigenvalue weighted by molar-refractivity contribution is -0.434. The second-order valence-electron chi connectivity index (χ2n) is 4.75. The first-order valence-corrected chi connectivity index (χ1v) is 6.81. The van der Waals surface area contributed by atoms with E-state index in [4.69, 9.17) is 4.55 Å². The van der Waals surface area contributed by atoms with Crippen molar-refractivity contribution in [2.24, 2.45) is 0 Å². The molecule has 158 valence electrons. The van der Waals surface area contributed by atoms with Gasteiger partial charge in [-0.1, -0.05) is 0 Å². The largest absolute Gasteiger partial charge is 0.438 e. The summed E-state index contributed by atoms with van der Waals surface area (Å²) in [6, 6.07) is 0. The van der Waals surface area contributed by atoms with E-state index in [0.717, 1.165) is 0 Å². The molecule has 3 nitrogen and oxygen atoms in total. The second-order valence-corrected chi connectivity index (χ2v) is 6.22. The summed E-state index contributed by atoms with van der Waals surface area (Å²) in [6.45, 7) is -1.21. The van der Waals surface area contributed by atoms with Crippen molar-refractivity contribution in [3.63, 3.8) is 0 Å². The SMILES string of the molecule is CC(F)(F)C(F)(F)C(F)(F)C(F)(F)C(F)(F)C(F)(F)C(F)(F)S(=O)(=O)O. The first-order valence-electron chi connectivity index (χ1n) is 5.37. The average molecular weight is 446 g/mol. The first kappa shape index (κ1) is 24.9. The van der Waals surface area contributed by atoms with Gasteiger partial charge in [0.15, 0.2) is 0 Å². The maximum absolute atomic E-state index is 13.0. The summed E-state index contributed by atoms with van der Waals surface area (Å²) in [5.74, 6) is -46.7. The van der Waals surface area contributed by atoms with E-state index in [1.165, 1.54) is 0 Å². The maximum atomic E-state index is 13.0. The van der Waals surface area contributed by atoms with Crippen LogP contribution in [-0.2, 0) is 10.1 Å². The Hall–Kier alpha value is -1.07. The van der Waals surface area contributed by atoms with Gasteiger partial charge >= 0.3 is 50.9 Å². The summed E-state index contributed by atoms with van der Waals surface area (Å²) in [7, 11) is -7.69. The molecule has 0 radical (unpaired) electrons. The Labute approximate surface area is 133 Å². The van der Waals surface area contributed by atoms with E-state index in [-0.39, 0.29) is 0 Å². The molecule has 18 heteroatoms. The highest BCUT2D eigenvalue weighted by molar-refractivity contribution is 7.87. The quantitative estimate of drug-likeness (QED) is 0.469. The Morgan fingerprint density at radius 1 is 0.538 bits per heavy atom. The molecule has 0 aromatic rings. The lowest BCUT2D eigenvalue weighted by Gasteiger charge is -2.41. The van der Waals surface area contributed by atoms with Crippen molar-refractivity contribution in [1.29, 1.82) is 0 Å². The van der Waals surface area contributed by atoms with Crippen LogP contribution in [0.4, 0.5) is 61.5 Å². The molecular weight excluding hydrogens is 442 g/mol. The average Bonchev–Trinajstić information content (AvgIpc) is 2.34. The van der Waals surface area contributed by atoms with Crippen LogP contribution in [0, 0.1) is 0 Å². The van der Waals surface area contributed by atoms with Gasteiger partial charge in [-0.3, -0.25) is 4.55 Å². The molecule has 0 atom stereocenters. The molecule has 0 aliphatic heterocycles. The fourth-order valence-electron chi connectivity index (χ4n) is 1.21. The Balaban J connectivity index is 6.71. The molecule has 0 heterocycles. The third-order valence-corrected chi connectivity index (χ3v) is 3.72. The van der Waals surface area contributed by atoms with E-state index in [0.29, 0.717) is 0 Å². The molecule has 0 bridgehead atoms. The van der Waals surface area contributed by atoms with Gasteiger partial charge in [0.05, 0.1) is 0 Å². The molecule has 0 saturated carbocycles. The Morgan fingerprint density at radius 3 is 1.00 bits per heavy atom. The highest BCUT2D eigenvalue weighted by Crippen LogP contribution is 2.62. The molecule has 26 heavy (non-hydrogen) atoms. The van der Waals surface area contributed by atoms with Crippen molar-refractivity contribution >= 4 is 10.1 Å². The number of alkyl halides is 14. The minimum atomic E-state index is -8.38. The summed E-state index contributed by atoms with van der Waals surface area (Å²) in [4.78, 5) is 0. The zero-order chi connectivity index (χ0) is 22.0. The lowest BCUT2D eigenvalue weighted by Crippen LogP contribution is -2.73. The van der Waals surface area contributed by atoms with Crippen LogP contribution >= 0.6 is 0 Å². The molecule has 0 amide bonds. The smallest absolute Gasteiger partial charge is 0.281 e. The summed E-state index contributed by atoms with van der Waals surface area (Å²) in [5, 5.41) is -7.60. The van der Waals surface area contributed by atoms with Gasteiger partial charge in [0.2, 0.25) is 0 Å². The molecule has 0 fully saturated rings. The first-order chi connectivity index (χ1) is 10.8. The topological polar surface area (TPSA) is 54.4 Å². The van der Waals surface area contributed by atoms with Gasteiger partial charge in [-0.15, -0.1) is 0 Å². The molecular formula is C8H4F14O3S. The van der Waals surface area contributed by atoms with Crippen LogP contribution in [0.1, 0.15) is 6.92 Å². The fourth-order valence-corrected chi connectivity index (χ4v) is 1.66. The molecule has 0 saturated heterocycles. The molecule has 0 aliphatic rings. The van der Waals surface area contributed by atoms with Gasteiger partial charge in [0, 0.05) is 6.92 Å². The standard InChI is InChI=1S/C8H4F14O3S/c1-2(9,10)3(11,12)4(13,14)5(15,16)6(17,18)7(19,20)8(21,22)26(23,24)25/h1H3,(H,23,24,25). The summed E-state index contributed by atoms with van der Waals surface area (Å²) >= 11 is 0. The van der Waals surface area contributed by atoms with Crippen molar-refractivity contribution in [2.45, 2.75) is 47.7 Å². The molecule has 0 aliphatic carbocycles. The van der Waals surface area contributed by atoms with Crippen molar-refractivity contribution in [3.05, 3.63) is 0 Å². The normalized spacial score (nSPS) is 16.8. The van der Waals surface area contributed by atoms with E-state index in [9.17, 15) is 69.9 Å². The third-order valence-electron chi connectivity index (χ3n) is 2.82. The maximum Gasteiger partial charge on any atom is 0.438 e. The molecule has 0 rings (SSSR count). The minimum absolute atomic E-state index is 1.21. The van der Waals surface area contributed by atoms with Gasteiger partial charge in [-0.25, -0.2) is 0 Å². The molecule has 0 spiro atoms. The lowest BCUT2D eigenvalue weighted by atomic mass is 9.92. The van der Waals surface area contributed by atoms with Gasteiger partial charge in [-0.05, 0) is 0 Å². The van der Waals surface area contributed by atoms with Crippen LogP contribution in [0.5, 0.6) is 0 Å². The predicted octanol–water partition coefficient (Wildman–Crippen LogP) is 4.30. The highest BCUT2D eigenvalue weighted by Gasteiger charge is 2.93. The highest BCUT2D eigenvalue weighted by atomic mass is 32.2. The van der Waals surface area contributed by atoms with Crippen LogP contribution in [-0.4, -0.2) is 53.8 Å². The van der Waals surface area contributed by atoms with E-state index in [2.05, 4.69) is 0 Å². The van der Waals surface area contributed by atoms with Gasteiger partial charge in [0.25, 0.3) is 0 Å². The van der Waals surface area contributed by atoms with Crippen LogP contribution in [0.15, 0.2) is 0 Å². The van der Waals surface area contributed by atoms with Crippen LogP contribution in [0.3, 0.4) is 0 Å². The predicted molar refractivity (Wildman–Crippen MR) is 51.9 cm³/mol. The molecule has 0 unspecified atom stereocenters. The Bertz CT molecular complexity index is 646. The molecule has 0 aromatic heterocycles. The Kier molecular flexibility index (Phi) is 5.48.